The summed E-state index contributed by atoms with van der Waals surface area (Å²) in [7, 11) is 0. The highest BCUT2D eigenvalue weighted by atomic mass is 16.1. The van der Waals surface area contributed by atoms with Gasteiger partial charge in [0, 0.05) is 13.0 Å². The molecule has 0 aliphatic rings. The zero-order valence-electron chi connectivity index (χ0n) is 17.8. The summed E-state index contributed by atoms with van der Waals surface area (Å²) in [4.78, 5) is 33.4. The van der Waals surface area contributed by atoms with Crippen LogP contribution in [-0.2, 0) is 11.3 Å². The third kappa shape index (κ3) is 4.36. The molecule has 0 unspecified atom stereocenters. The normalized spacial score (nSPS) is 12.1. The van der Waals surface area contributed by atoms with Gasteiger partial charge in [-0.15, -0.1) is 5.10 Å². The van der Waals surface area contributed by atoms with Crippen LogP contribution in [-0.4, -0.2) is 30.9 Å². The van der Waals surface area contributed by atoms with Crippen LogP contribution < -0.4 is 10.9 Å². The first-order valence-corrected chi connectivity index (χ1v) is 10.8. The van der Waals surface area contributed by atoms with Gasteiger partial charge in [-0.2, -0.15) is 0 Å². The van der Waals surface area contributed by atoms with E-state index in [4.69, 9.17) is 0 Å². The van der Waals surface area contributed by atoms with Crippen LogP contribution in [0, 0.1) is 0 Å². The van der Waals surface area contributed by atoms with Crippen LogP contribution in [0.5, 0.6) is 0 Å². The standard InChI is InChI=1S/C25H22N6O2/c32-22(15-8-16-31-25(33)18-11-4-5-12-19(18)29-30-31)28-23(17-9-2-1-3-10-17)24-26-20-13-6-7-14-21(20)27-24/h1-7,9-14,23H,8,15-16H2,(H,26,27)(H,28,32)/t23-/m1/s1. The van der Waals surface area contributed by atoms with Gasteiger partial charge < -0.3 is 10.3 Å². The van der Waals surface area contributed by atoms with Crippen molar-refractivity contribution in [2.24, 2.45) is 0 Å². The Labute approximate surface area is 189 Å². The fourth-order valence-electron chi connectivity index (χ4n) is 3.86. The maximum atomic E-state index is 12.8. The number of aryl methyl sites for hydroxylation is 1. The molecule has 2 aromatic heterocycles. The molecule has 1 atom stereocenters. The molecule has 164 valence electrons. The number of carbonyl (C=O) groups excluding carboxylic acids is 1. The molecule has 1 amide bonds. The molecule has 2 heterocycles. The Morgan fingerprint density at radius 1 is 0.939 bits per heavy atom. The average molecular weight is 438 g/mol. The molecule has 0 saturated carbocycles. The molecule has 5 rings (SSSR count). The van der Waals surface area contributed by atoms with Crippen molar-refractivity contribution in [3.63, 3.8) is 0 Å². The largest absolute Gasteiger partial charge is 0.342 e. The van der Waals surface area contributed by atoms with E-state index in [0.29, 0.717) is 29.7 Å². The van der Waals surface area contributed by atoms with Crippen LogP contribution in [0.3, 0.4) is 0 Å². The summed E-state index contributed by atoms with van der Waals surface area (Å²) in [6.45, 7) is 0.310. The van der Waals surface area contributed by atoms with Gasteiger partial charge in [0.05, 0.1) is 16.4 Å². The van der Waals surface area contributed by atoms with Crippen LogP contribution in [0.4, 0.5) is 0 Å². The van der Waals surface area contributed by atoms with Crippen molar-refractivity contribution in [3.05, 3.63) is 101 Å². The summed E-state index contributed by atoms with van der Waals surface area (Å²) in [5.74, 6) is 0.540. The lowest BCUT2D eigenvalue weighted by Crippen LogP contribution is -2.30. The fraction of sp³-hybridized carbons (Fsp3) is 0.160. The van der Waals surface area contributed by atoms with Crippen molar-refractivity contribution in [1.29, 1.82) is 0 Å². The molecule has 8 nitrogen and oxygen atoms in total. The van der Waals surface area contributed by atoms with Gasteiger partial charge in [0.25, 0.3) is 5.56 Å². The van der Waals surface area contributed by atoms with E-state index in [9.17, 15) is 9.59 Å². The minimum Gasteiger partial charge on any atom is -0.342 e. The minimum atomic E-state index is -0.408. The molecule has 0 aliphatic heterocycles. The van der Waals surface area contributed by atoms with Crippen LogP contribution in [0.25, 0.3) is 21.9 Å². The van der Waals surface area contributed by atoms with E-state index in [1.807, 2.05) is 60.7 Å². The van der Waals surface area contributed by atoms with Crippen molar-refractivity contribution in [3.8, 4) is 0 Å². The zero-order valence-corrected chi connectivity index (χ0v) is 17.8. The third-order valence-corrected chi connectivity index (χ3v) is 5.52. The molecule has 0 bridgehead atoms. The topological polar surface area (TPSA) is 106 Å². The summed E-state index contributed by atoms with van der Waals surface area (Å²) in [6, 6.07) is 24.2. The van der Waals surface area contributed by atoms with Crippen molar-refractivity contribution in [2.45, 2.75) is 25.4 Å². The van der Waals surface area contributed by atoms with Crippen LogP contribution >= 0.6 is 0 Å². The smallest absolute Gasteiger partial charge is 0.277 e. The SMILES string of the molecule is O=C(CCCn1nnc2ccccc2c1=O)N[C@H](c1ccccc1)c1nc2ccccc2[nH]1. The number of benzene rings is 3. The Bertz CT molecular complexity index is 1440. The minimum absolute atomic E-state index is 0.133. The van der Waals surface area contributed by atoms with E-state index in [0.717, 1.165) is 16.6 Å². The number of imidazole rings is 1. The Balaban J connectivity index is 1.30. The number of H-pyrrole nitrogens is 1. The Kier molecular flexibility index (Phi) is 5.63. The highest BCUT2D eigenvalue weighted by Crippen LogP contribution is 2.22. The second-order valence-corrected chi connectivity index (χ2v) is 7.79. The van der Waals surface area contributed by atoms with Crippen molar-refractivity contribution in [2.75, 3.05) is 0 Å². The van der Waals surface area contributed by atoms with Gasteiger partial charge in [-0.3, -0.25) is 9.59 Å². The number of carbonyl (C=O) groups is 1. The van der Waals surface area contributed by atoms with Gasteiger partial charge >= 0.3 is 0 Å². The lowest BCUT2D eigenvalue weighted by atomic mass is 10.1. The summed E-state index contributed by atoms with van der Waals surface area (Å²) in [6.07, 6.45) is 0.699. The summed E-state index contributed by atoms with van der Waals surface area (Å²) in [5, 5.41) is 11.7. The number of aromatic nitrogens is 5. The lowest BCUT2D eigenvalue weighted by Gasteiger charge is -2.17. The van der Waals surface area contributed by atoms with Gasteiger partial charge in [0.2, 0.25) is 5.91 Å². The van der Waals surface area contributed by atoms with Crippen LogP contribution in [0.15, 0.2) is 83.7 Å². The van der Waals surface area contributed by atoms with Gasteiger partial charge in [0.15, 0.2) is 0 Å². The molecule has 33 heavy (non-hydrogen) atoms. The first-order chi connectivity index (χ1) is 16.2. The molecule has 0 aliphatic carbocycles. The maximum Gasteiger partial charge on any atom is 0.277 e. The number of hydrogen-bond donors (Lipinski definition) is 2. The number of nitrogens with one attached hydrogen (secondary N) is 2. The number of aromatic amines is 1. The number of hydrogen-bond acceptors (Lipinski definition) is 5. The fourth-order valence-corrected chi connectivity index (χ4v) is 3.86. The molecule has 0 saturated heterocycles. The molecular weight excluding hydrogens is 416 g/mol. The Morgan fingerprint density at radius 3 is 2.48 bits per heavy atom. The molecule has 0 spiro atoms. The number of nitrogens with zero attached hydrogens (tertiary/aromatic N) is 4. The molecule has 8 heteroatoms. The summed E-state index contributed by atoms with van der Waals surface area (Å²) in [5.41, 5.74) is 3.05. The number of amides is 1. The first kappa shape index (κ1) is 20.6. The van der Waals surface area contributed by atoms with Gasteiger partial charge in [-0.25, -0.2) is 9.67 Å². The van der Waals surface area contributed by atoms with Crippen molar-refractivity contribution in [1.82, 2.24) is 30.3 Å². The molecule has 3 aromatic carbocycles. The lowest BCUT2D eigenvalue weighted by molar-refractivity contribution is -0.121. The number of para-hydroxylation sites is 2. The Hall–Kier alpha value is -4.33. The van der Waals surface area contributed by atoms with Crippen LogP contribution in [0.2, 0.25) is 0 Å². The number of rotatable bonds is 7. The first-order valence-electron chi connectivity index (χ1n) is 10.8. The molecule has 0 fully saturated rings. The van der Waals surface area contributed by atoms with E-state index in [1.165, 1.54) is 4.68 Å². The second-order valence-electron chi connectivity index (χ2n) is 7.79. The quantitative estimate of drug-likeness (QED) is 0.405. The van der Waals surface area contributed by atoms with E-state index in [-0.39, 0.29) is 17.9 Å². The van der Waals surface area contributed by atoms with E-state index in [2.05, 4.69) is 25.6 Å². The van der Waals surface area contributed by atoms with Gasteiger partial charge in [-0.1, -0.05) is 59.8 Å². The van der Waals surface area contributed by atoms with E-state index >= 15 is 0 Å². The Morgan fingerprint density at radius 2 is 1.67 bits per heavy atom. The second kappa shape index (κ2) is 9.04. The summed E-state index contributed by atoms with van der Waals surface area (Å²) < 4.78 is 1.31. The highest BCUT2D eigenvalue weighted by Gasteiger charge is 2.20. The van der Waals surface area contributed by atoms with Gasteiger partial charge in [0.1, 0.15) is 17.4 Å². The monoisotopic (exact) mass is 438 g/mol. The van der Waals surface area contributed by atoms with Gasteiger partial charge in [-0.05, 0) is 36.2 Å². The van der Waals surface area contributed by atoms with E-state index < -0.39 is 6.04 Å². The maximum absolute atomic E-state index is 12.8. The average Bonchev–Trinajstić information content (AvgIpc) is 3.29. The number of fused-ring (bicyclic) bond motifs is 2. The molecule has 5 aromatic rings. The van der Waals surface area contributed by atoms with Crippen LogP contribution in [0.1, 0.15) is 30.3 Å². The predicted molar refractivity (Wildman–Crippen MR) is 126 cm³/mol. The van der Waals surface area contributed by atoms with Crippen molar-refractivity contribution < 1.29 is 4.79 Å². The van der Waals surface area contributed by atoms with E-state index in [1.54, 1.807) is 18.2 Å². The molecular formula is C25H22N6O2. The summed E-state index contributed by atoms with van der Waals surface area (Å²) >= 11 is 0. The highest BCUT2D eigenvalue weighted by molar-refractivity contribution is 5.78. The molecule has 0 radical (unpaired) electrons. The van der Waals surface area contributed by atoms with Crippen molar-refractivity contribution >= 4 is 27.8 Å². The zero-order chi connectivity index (χ0) is 22.6. The predicted octanol–water partition coefficient (Wildman–Crippen LogP) is 3.35. The third-order valence-electron chi connectivity index (χ3n) is 5.52. The molecule has 2 N–H and O–H groups in total.